The van der Waals surface area contributed by atoms with E-state index < -0.39 is 24.3 Å². The van der Waals surface area contributed by atoms with Gasteiger partial charge in [0.05, 0.1) is 6.04 Å². The van der Waals surface area contributed by atoms with Crippen molar-refractivity contribution in [3.63, 3.8) is 0 Å². The van der Waals surface area contributed by atoms with Gasteiger partial charge in [0.2, 0.25) is 0 Å². The Morgan fingerprint density at radius 1 is 1.20 bits per heavy atom. The molecule has 0 saturated carbocycles. The Kier molecular flexibility index (Phi) is 3.23. The van der Waals surface area contributed by atoms with E-state index in [4.69, 9.17) is 5.73 Å². The van der Waals surface area contributed by atoms with E-state index in [9.17, 15) is 22.0 Å². The van der Waals surface area contributed by atoms with E-state index in [2.05, 4.69) is 4.98 Å². The van der Waals surface area contributed by atoms with Gasteiger partial charge in [-0.2, -0.15) is 13.2 Å². The Morgan fingerprint density at radius 2 is 1.80 bits per heavy atom. The van der Waals surface area contributed by atoms with Crippen LogP contribution in [-0.2, 0) is 6.18 Å². The van der Waals surface area contributed by atoms with E-state index in [1.807, 2.05) is 0 Å². The molecule has 0 aliphatic carbocycles. The largest absolute Gasteiger partial charge is 0.433 e. The first-order chi connectivity index (χ1) is 6.82. The monoisotopic (exact) mass is 226 g/mol. The van der Waals surface area contributed by atoms with Gasteiger partial charge in [-0.25, -0.2) is 8.78 Å². The van der Waals surface area contributed by atoms with Crippen LogP contribution in [0.15, 0.2) is 18.3 Å². The van der Waals surface area contributed by atoms with Crippen molar-refractivity contribution < 1.29 is 22.0 Å². The van der Waals surface area contributed by atoms with E-state index in [1.54, 1.807) is 0 Å². The van der Waals surface area contributed by atoms with Crippen molar-refractivity contribution in [2.75, 3.05) is 0 Å². The zero-order valence-corrected chi connectivity index (χ0v) is 7.30. The molecule has 1 atom stereocenters. The first-order valence-corrected chi connectivity index (χ1v) is 3.89. The number of nitrogens with zero attached hydrogens (tertiary/aromatic N) is 1. The molecule has 0 fully saturated rings. The van der Waals surface area contributed by atoms with Gasteiger partial charge in [0.25, 0.3) is 6.43 Å². The standard InChI is InChI=1S/C8H7F5N2/c9-7(10)6(14)4-1-2-5(15-3-4)8(11,12)13/h1-3,6-7H,14H2. The Labute approximate surface area is 81.9 Å². The molecule has 0 aromatic carbocycles. The number of hydrogen-bond donors (Lipinski definition) is 1. The second-order valence-corrected chi connectivity index (χ2v) is 2.83. The summed E-state index contributed by atoms with van der Waals surface area (Å²) in [6.45, 7) is 0. The van der Waals surface area contributed by atoms with Crippen LogP contribution in [0.5, 0.6) is 0 Å². The maximum absolute atomic E-state index is 12.1. The molecular weight excluding hydrogens is 219 g/mol. The van der Waals surface area contributed by atoms with Gasteiger partial charge < -0.3 is 5.73 Å². The lowest BCUT2D eigenvalue weighted by Crippen LogP contribution is -2.19. The summed E-state index contributed by atoms with van der Waals surface area (Å²) in [5.74, 6) is 0. The van der Waals surface area contributed by atoms with Gasteiger partial charge >= 0.3 is 6.18 Å². The van der Waals surface area contributed by atoms with Crippen LogP contribution in [-0.4, -0.2) is 11.4 Å². The molecule has 1 aromatic heterocycles. The highest BCUT2D eigenvalue weighted by Gasteiger charge is 2.32. The van der Waals surface area contributed by atoms with E-state index in [1.165, 1.54) is 0 Å². The van der Waals surface area contributed by atoms with Gasteiger partial charge in [-0.05, 0) is 11.6 Å². The number of aromatic nitrogens is 1. The van der Waals surface area contributed by atoms with Gasteiger partial charge in [0.15, 0.2) is 0 Å². The number of halogens is 5. The van der Waals surface area contributed by atoms with Crippen LogP contribution in [0.25, 0.3) is 0 Å². The van der Waals surface area contributed by atoms with E-state index in [0.29, 0.717) is 12.3 Å². The van der Waals surface area contributed by atoms with Gasteiger partial charge in [-0.15, -0.1) is 0 Å². The third-order valence-electron chi connectivity index (χ3n) is 1.73. The number of alkyl halides is 5. The van der Waals surface area contributed by atoms with Crippen LogP contribution in [0.1, 0.15) is 17.3 Å². The highest BCUT2D eigenvalue weighted by Crippen LogP contribution is 2.28. The molecule has 0 bridgehead atoms. The van der Waals surface area contributed by atoms with Crippen LogP contribution in [0.3, 0.4) is 0 Å². The Hall–Kier alpha value is -1.24. The van der Waals surface area contributed by atoms with Crippen molar-refractivity contribution in [1.82, 2.24) is 4.98 Å². The molecule has 7 heteroatoms. The molecule has 0 amide bonds. The number of nitrogens with two attached hydrogens (primary N) is 1. The summed E-state index contributed by atoms with van der Waals surface area (Å²) in [7, 11) is 0. The molecule has 2 nitrogen and oxygen atoms in total. The van der Waals surface area contributed by atoms with Crippen molar-refractivity contribution in [3.05, 3.63) is 29.6 Å². The summed E-state index contributed by atoms with van der Waals surface area (Å²) >= 11 is 0. The number of rotatable bonds is 2. The van der Waals surface area contributed by atoms with Crippen LogP contribution in [0.4, 0.5) is 22.0 Å². The van der Waals surface area contributed by atoms with E-state index in [0.717, 1.165) is 6.07 Å². The summed E-state index contributed by atoms with van der Waals surface area (Å²) in [5.41, 5.74) is 3.77. The van der Waals surface area contributed by atoms with Crippen molar-refractivity contribution in [1.29, 1.82) is 0 Å². The molecule has 2 N–H and O–H groups in total. The Balaban J connectivity index is 2.91. The first kappa shape index (κ1) is 11.8. The lowest BCUT2D eigenvalue weighted by Gasteiger charge is -2.11. The summed E-state index contributed by atoms with van der Waals surface area (Å²) in [6, 6.07) is -0.0932. The second-order valence-electron chi connectivity index (χ2n) is 2.83. The smallest absolute Gasteiger partial charge is 0.319 e. The van der Waals surface area contributed by atoms with Gasteiger partial charge in [-0.3, -0.25) is 4.98 Å². The van der Waals surface area contributed by atoms with Gasteiger partial charge in [-0.1, -0.05) is 6.07 Å². The van der Waals surface area contributed by atoms with Crippen LogP contribution < -0.4 is 5.73 Å². The third kappa shape index (κ3) is 2.85. The Morgan fingerprint density at radius 3 is 2.13 bits per heavy atom. The SMILES string of the molecule is NC(c1ccc(C(F)(F)F)nc1)C(F)F. The molecule has 0 radical (unpaired) electrons. The first-order valence-electron chi connectivity index (χ1n) is 3.89. The minimum atomic E-state index is -4.58. The molecule has 1 aromatic rings. The zero-order valence-electron chi connectivity index (χ0n) is 7.30. The van der Waals surface area contributed by atoms with Crippen LogP contribution >= 0.6 is 0 Å². The average molecular weight is 226 g/mol. The Bertz CT molecular complexity index is 319. The summed E-state index contributed by atoms with van der Waals surface area (Å²) in [4.78, 5) is 3.02. The second kappa shape index (κ2) is 4.09. The van der Waals surface area contributed by atoms with Crippen LogP contribution in [0.2, 0.25) is 0 Å². The fraction of sp³-hybridized carbons (Fsp3) is 0.375. The van der Waals surface area contributed by atoms with Gasteiger partial charge in [0.1, 0.15) is 5.69 Å². The summed E-state index contributed by atoms with van der Waals surface area (Å²) in [5, 5.41) is 0. The minimum Gasteiger partial charge on any atom is -0.319 e. The zero-order chi connectivity index (χ0) is 11.6. The summed E-state index contributed by atoms with van der Waals surface area (Å²) < 4.78 is 60.3. The predicted molar refractivity (Wildman–Crippen MR) is 42.2 cm³/mol. The maximum atomic E-state index is 12.1. The third-order valence-corrected chi connectivity index (χ3v) is 1.73. The normalized spacial score (nSPS) is 14.3. The number of hydrogen-bond acceptors (Lipinski definition) is 2. The molecule has 1 unspecified atom stereocenters. The topological polar surface area (TPSA) is 38.9 Å². The fourth-order valence-corrected chi connectivity index (χ4v) is 0.916. The van der Waals surface area contributed by atoms with E-state index in [-0.39, 0.29) is 5.56 Å². The lowest BCUT2D eigenvalue weighted by molar-refractivity contribution is -0.141. The van der Waals surface area contributed by atoms with E-state index >= 15 is 0 Å². The molecule has 15 heavy (non-hydrogen) atoms. The molecule has 1 rings (SSSR count). The maximum Gasteiger partial charge on any atom is 0.433 e. The van der Waals surface area contributed by atoms with Crippen molar-refractivity contribution >= 4 is 0 Å². The van der Waals surface area contributed by atoms with Crippen molar-refractivity contribution in [2.45, 2.75) is 18.6 Å². The molecule has 84 valence electrons. The predicted octanol–water partition coefficient (Wildman–Crippen LogP) is 2.37. The molecule has 0 saturated heterocycles. The summed E-state index contributed by atoms with van der Waals surface area (Å²) in [6.07, 6.45) is -6.70. The van der Waals surface area contributed by atoms with Gasteiger partial charge in [0, 0.05) is 6.20 Å². The highest BCUT2D eigenvalue weighted by atomic mass is 19.4. The lowest BCUT2D eigenvalue weighted by atomic mass is 10.1. The number of pyridine rings is 1. The molecular formula is C8H7F5N2. The minimum absolute atomic E-state index is 0.127. The highest BCUT2D eigenvalue weighted by molar-refractivity contribution is 5.19. The molecule has 0 spiro atoms. The molecule has 0 aliphatic heterocycles. The average Bonchev–Trinajstić information content (AvgIpc) is 2.15. The fourth-order valence-electron chi connectivity index (χ4n) is 0.916. The van der Waals surface area contributed by atoms with Crippen LogP contribution in [0, 0.1) is 0 Å². The quantitative estimate of drug-likeness (QED) is 0.786. The molecule has 1 heterocycles. The van der Waals surface area contributed by atoms with Crippen molar-refractivity contribution in [3.8, 4) is 0 Å². The molecule has 0 aliphatic rings. The van der Waals surface area contributed by atoms with Crippen molar-refractivity contribution in [2.24, 2.45) is 5.73 Å².